The molecule has 10 nitrogen and oxygen atoms in total. The van der Waals surface area contributed by atoms with Gasteiger partial charge in [-0.05, 0) is 17.7 Å². The fraction of sp³-hybridized carbons (Fsp3) is 0.375. The topological polar surface area (TPSA) is 112 Å². The average Bonchev–Trinajstić information content (AvgIpc) is 3.46. The summed E-state index contributed by atoms with van der Waals surface area (Å²) in [6.45, 7) is 4.05. The van der Waals surface area contributed by atoms with E-state index in [0.29, 0.717) is 60.3 Å². The standard InChI is InChI=1S/C24H21N3O7/c28-22-13-5-18-21-15(9-27(18)23(29)16(13)10-32-24(22)30)14(8-26-1-3-31-4-2-26)12-6-19-20(34-11-33-19)7-17(12)25-21/h5-7,22,28H,1-4,8-11H2. The van der Waals surface area contributed by atoms with Crippen LogP contribution in [0.4, 0.5) is 0 Å². The molecule has 1 atom stereocenters. The van der Waals surface area contributed by atoms with Gasteiger partial charge < -0.3 is 28.6 Å². The molecule has 174 valence electrons. The number of carbonyl (C=O) groups is 1. The van der Waals surface area contributed by atoms with E-state index in [-0.39, 0.29) is 19.0 Å². The lowest BCUT2D eigenvalue weighted by Crippen LogP contribution is -2.36. The first-order chi connectivity index (χ1) is 16.6. The van der Waals surface area contributed by atoms with Crippen LogP contribution in [0, 0.1) is 0 Å². The lowest BCUT2D eigenvalue weighted by Gasteiger charge is -2.28. The van der Waals surface area contributed by atoms with Crippen molar-refractivity contribution in [3.63, 3.8) is 0 Å². The molecule has 6 heterocycles. The molecular weight excluding hydrogens is 442 g/mol. The third-order valence-corrected chi connectivity index (χ3v) is 7.05. The molecule has 34 heavy (non-hydrogen) atoms. The Morgan fingerprint density at radius 2 is 1.82 bits per heavy atom. The average molecular weight is 463 g/mol. The first-order valence-electron chi connectivity index (χ1n) is 11.3. The van der Waals surface area contributed by atoms with Crippen LogP contribution in [0.2, 0.25) is 0 Å². The number of aromatic nitrogens is 2. The molecule has 1 fully saturated rings. The van der Waals surface area contributed by atoms with Crippen LogP contribution < -0.4 is 15.0 Å². The zero-order valence-electron chi connectivity index (χ0n) is 18.2. The summed E-state index contributed by atoms with van der Waals surface area (Å²) in [7, 11) is 0. The molecule has 0 saturated carbocycles. The summed E-state index contributed by atoms with van der Waals surface area (Å²) in [5.41, 5.74) is 4.38. The zero-order chi connectivity index (χ0) is 23.0. The number of hydrogen-bond acceptors (Lipinski definition) is 9. The minimum Gasteiger partial charge on any atom is -0.458 e. The number of hydrogen-bond donors (Lipinski definition) is 1. The quantitative estimate of drug-likeness (QED) is 0.436. The van der Waals surface area contributed by atoms with Crippen LogP contribution >= 0.6 is 0 Å². The van der Waals surface area contributed by atoms with Gasteiger partial charge in [-0.2, -0.15) is 0 Å². The Morgan fingerprint density at radius 1 is 1.03 bits per heavy atom. The van der Waals surface area contributed by atoms with Crippen LogP contribution in [0.5, 0.6) is 11.5 Å². The third kappa shape index (κ3) is 2.82. The Hall–Kier alpha value is -3.47. The summed E-state index contributed by atoms with van der Waals surface area (Å²) >= 11 is 0. The van der Waals surface area contributed by atoms with E-state index in [1.165, 1.54) is 0 Å². The Labute approximate surface area is 193 Å². The number of aliphatic hydroxyl groups is 1. The first kappa shape index (κ1) is 20.0. The highest BCUT2D eigenvalue weighted by atomic mass is 16.7. The van der Waals surface area contributed by atoms with Crippen molar-refractivity contribution in [1.82, 2.24) is 14.5 Å². The molecule has 1 N–H and O–H groups in total. The van der Waals surface area contributed by atoms with Gasteiger partial charge in [-0.1, -0.05) is 0 Å². The number of nitrogens with zero attached hydrogens (tertiary/aromatic N) is 3. The molecule has 4 aliphatic rings. The van der Waals surface area contributed by atoms with E-state index in [2.05, 4.69) is 4.90 Å². The molecular formula is C24H21N3O7. The summed E-state index contributed by atoms with van der Waals surface area (Å²) in [5, 5.41) is 11.3. The number of aliphatic hydroxyl groups excluding tert-OH is 1. The Bertz CT molecular complexity index is 1440. The summed E-state index contributed by atoms with van der Waals surface area (Å²) in [4.78, 5) is 32.5. The predicted octanol–water partition coefficient (Wildman–Crippen LogP) is 1.08. The number of rotatable bonds is 2. The zero-order valence-corrected chi connectivity index (χ0v) is 18.2. The van der Waals surface area contributed by atoms with Gasteiger partial charge in [0, 0.05) is 42.2 Å². The largest absolute Gasteiger partial charge is 0.458 e. The number of ether oxygens (including phenoxy) is 4. The number of esters is 1. The second kappa shape index (κ2) is 7.26. The number of pyridine rings is 2. The van der Waals surface area contributed by atoms with Crippen molar-refractivity contribution < 1.29 is 28.8 Å². The van der Waals surface area contributed by atoms with E-state index in [4.69, 9.17) is 23.9 Å². The molecule has 0 spiro atoms. The molecule has 1 saturated heterocycles. The fourth-order valence-electron chi connectivity index (χ4n) is 5.26. The highest BCUT2D eigenvalue weighted by Crippen LogP contribution is 2.42. The Morgan fingerprint density at radius 3 is 2.65 bits per heavy atom. The normalized spacial score (nSPS) is 20.7. The molecule has 0 bridgehead atoms. The number of morpholine rings is 1. The van der Waals surface area contributed by atoms with Crippen molar-refractivity contribution in [3.05, 3.63) is 50.8 Å². The van der Waals surface area contributed by atoms with E-state index in [1.54, 1.807) is 10.6 Å². The first-order valence-corrected chi connectivity index (χ1v) is 11.3. The molecule has 1 aromatic carbocycles. The molecule has 10 heteroatoms. The van der Waals surface area contributed by atoms with E-state index in [1.807, 2.05) is 12.1 Å². The maximum atomic E-state index is 13.4. The van der Waals surface area contributed by atoms with Crippen LogP contribution in [-0.2, 0) is 34.0 Å². The number of benzene rings is 1. The maximum absolute atomic E-state index is 13.4. The van der Waals surface area contributed by atoms with Crippen molar-refractivity contribution in [3.8, 4) is 22.9 Å². The molecule has 0 aliphatic carbocycles. The predicted molar refractivity (Wildman–Crippen MR) is 118 cm³/mol. The lowest BCUT2D eigenvalue weighted by atomic mass is 9.98. The molecule has 3 aromatic rings. The van der Waals surface area contributed by atoms with Gasteiger partial charge in [-0.3, -0.25) is 9.69 Å². The van der Waals surface area contributed by atoms with Gasteiger partial charge in [0.25, 0.3) is 5.56 Å². The molecule has 7 rings (SSSR count). The Balaban J connectivity index is 1.45. The van der Waals surface area contributed by atoms with E-state index >= 15 is 0 Å². The second-order valence-electron chi connectivity index (χ2n) is 8.89. The maximum Gasteiger partial charge on any atom is 0.340 e. The summed E-state index contributed by atoms with van der Waals surface area (Å²) in [5.74, 6) is 0.568. The van der Waals surface area contributed by atoms with Crippen LogP contribution in [-0.4, -0.2) is 58.6 Å². The molecule has 0 amide bonds. The summed E-state index contributed by atoms with van der Waals surface area (Å²) in [6, 6.07) is 5.54. The van der Waals surface area contributed by atoms with Gasteiger partial charge in [-0.15, -0.1) is 0 Å². The van der Waals surface area contributed by atoms with Crippen molar-refractivity contribution in [1.29, 1.82) is 0 Å². The Kier molecular flexibility index (Phi) is 4.26. The van der Waals surface area contributed by atoms with Gasteiger partial charge in [-0.25, -0.2) is 9.78 Å². The van der Waals surface area contributed by atoms with Crippen molar-refractivity contribution in [2.24, 2.45) is 0 Å². The molecule has 4 aliphatic heterocycles. The van der Waals surface area contributed by atoms with Crippen molar-refractivity contribution in [2.75, 3.05) is 33.1 Å². The van der Waals surface area contributed by atoms with Crippen LogP contribution in [0.3, 0.4) is 0 Å². The van der Waals surface area contributed by atoms with Crippen LogP contribution in [0.1, 0.15) is 28.4 Å². The van der Waals surface area contributed by atoms with Gasteiger partial charge in [0.05, 0.1) is 42.2 Å². The summed E-state index contributed by atoms with van der Waals surface area (Å²) < 4.78 is 23.4. The van der Waals surface area contributed by atoms with Crippen LogP contribution in [0.15, 0.2) is 23.0 Å². The summed E-state index contributed by atoms with van der Waals surface area (Å²) in [6.07, 6.45) is -1.48. The van der Waals surface area contributed by atoms with Crippen LogP contribution in [0.25, 0.3) is 22.3 Å². The third-order valence-electron chi connectivity index (χ3n) is 7.05. The highest BCUT2D eigenvalue weighted by Gasteiger charge is 2.35. The van der Waals surface area contributed by atoms with Gasteiger partial charge >= 0.3 is 5.97 Å². The highest BCUT2D eigenvalue weighted by molar-refractivity contribution is 5.91. The number of carbonyl (C=O) groups excluding carboxylic acids is 1. The second-order valence-corrected chi connectivity index (χ2v) is 8.89. The van der Waals surface area contributed by atoms with Crippen molar-refractivity contribution in [2.45, 2.75) is 25.8 Å². The molecule has 2 aromatic heterocycles. The van der Waals surface area contributed by atoms with Crippen molar-refractivity contribution >= 4 is 16.9 Å². The van der Waals surface area contributed by atoms with Gasteiger partial charge in [0.1, 0.15) is 6.61 Å². The lowest BCUT2D eigenvalue weighted by molar-refractivity contribution is -0.157. The molecule has 0 radical (unpaired) electrons. The monoisotopic (exact) mass is 463 g/mol. The van der Waals surface area contributed by atoms with E-state index in [0.717, 1.165) is 35.1 Å². The SMILES string of the molecule is O=C1OCc2c(cc3n(c2=O)Cc2c-3nc3cc4c(cc3c2CN2CCOCC2)OCO4)C1O. The van der Waals surface area contributed by atoms with E-state index < -0.39 is 12.1 Å². The van der Waals surface area contributed by atoms with Gasteiger partial charge in [0.15, 0.2) is 17.6 Å². The number of cyclic esters (lactones) is 1. The fourth-order valence-corrected chi connectivity index (χ4v) is 5.26. The minimum atomic E-state index is -1.48. The number of fused-ring (bicyclic) bond motifs is 6. The smallest absolute Gasteiger partial charge is 0.340 e. The minimum absolute atomic E-state index is 0.141. The van der Waals surface area contributed by atoms with E-state index in [9.17, 15) is 14.7 Å². The molecule has 1 unspecified atom stereocenters. The van der Waals surface area contributed by atoms with Gasteiger partial charge in [0.2, 0.25) is 6.79 Å².